The van der Waals surface area contributed by atoms with Crippen molar-refractivity contribution in [2.45, 2.75) is 31.7 Å². The van der Waals surface area contributed by atoms with Gasteiger partial charge in [0.2, 0.25) is 0 Å². The lowest BCUT2D eigenvalue weighted by atomic mass is 9.78. The van der Waals surface area contributed by atoms with Crippen LogP contribution in [0.25, 0.3) is 0 Å². The molecule has 128 valence electrons. The van der Waals surface area contributed by atoms with Gasteiger partial charge in [0.1, 0.15) is 5.82 Å². The van der Waals surface area contributed by atoms with E-state index in [1.54, 1.807) is 17.7 Å². The Bertz CT molecular complexity index is 760. The van der Waals surface area contributed by atoms with Crippen LogP contribution >= 0.6 is 0 Å². The van der Waals surface area contributed by atoms with Gasteiger partial charge in [-0.25, -0.2) is 4.39 Å². The third-order valence-corrected chi connectivity index (χ3v) is 5.50. The van der Waals surface area contributed by atoms with Gasteiger partial charge in [-0.15, -0.1) is 0 Å². The van der Waals surface area contributed by atoms with Crippen LogP contribution in [0, 0.1) is 11.7 Å². The highest BCUT2D eigenvalue weighted by Gasteiger charge is 2.32. The topological polar surface area (TPSA) is 3.24 Å². The van der Waals surface area contributed by atoms with Crippen LogP contribution in [0.15, 0.2) is 78.4 Å². The number of piperidine rings is 1. The lowest BCUT2D eigenvalue weighted by Crippen LogP contribution is -2.45. The minimum atomic E-state index is -0.160. The molecule has 1 aliphatic heterocycles. The van der Waals surface area contributed by atoms with Gasteiger partial charge >= 0.3 is 0 Å². The molecule has 2 aromatic carbocycles. The summed E-state index contributed by atoms with van der Waals surface area (Å²) in [6, 6.07) is 18.1. The molecule has 0 radical (unpaired) electrons. The van der Waals surface area contributed by atoms with Crippen molar-refractivity contribution < 1.29 is 4.39 Å². The predicted octanol–water partition coefficient (Wildman–Crippen LogP) is 5.54. The summed E-state index contributed by atoms with van der Waals surface area (Å²) in [6.45, 7) is 1.11. The summed E-state index contributed by atoms with van der Waals surface area (Å²) in [4.78, 5) is 2.56. The zero-order valence-corrected chi connectivity index (χ0v) is 14.4. The van der Waals surface area contributed by atoms with Gasteiger partial charge in [-0.2, -0.15) is 0 Å². The normalized spacial score (nSPS) is 22.4. The molecule has 0 bridgehead atoms. The minimum absolute atomic E-state index is 0.160. The number of benzene rings is 2. The van der Waals surface area contributed by atoms with Gasteiger partial charge in [0.25, 0.3) is 0 Å². The van der Waals surface area contributed by atoms with Crippen molar-refractivity contribution >= 4 is 5.69 Å². The highest BCUT2D eigenvalue weighted by atomic mass is 19.1. The second kappa shape index (κ2) is 7.26. The zero-order chi connectivity index (χ0) is 17.1. The molecule has 1 nitrogen and oxygen atoms in total. The molecule has 1 fully saturated rings. The number of halogens is 1. The fourth-order valence-corrected chi connectivity index (χ4v) is 4.20. The molecule has 0 saturated carbocycles. The maximum absolute atomic E-state index is 13.2. The molecular weight excluding hydrogens is 309 g/mol. The Morgan fingerprint density at radius 2 is 1.80 bits per heavy atom. The van der Waals surface area contributed by atoms with E-state index in [4.69, 9.17) is 0 Å². The Labute approximate surface area is 149 Å². The number of anilines is 1. The van der Waals surface area contributed by atoms with Crippen LogP contribution in [0.1, 0.15) is 24.8 Å². The molecule has 2 heteroatoms. The Balaban J connectivity index is 1.59. The second-order valence-electron chi connectivity index (χ2n) is 7.03. The van der Waals surface area contributed by atoms with Crippen molar-refractivity contribution in [3.05, 3.63) is 89.8 Å². The quantitative estimate of drug-likeness (QED) is 0.710. The smallest absolute Gasteiger partial charge is 0.123 e. The highest BCUT2D eigenvalue weighted by Crippen LogP contribution is 2.37. The Kier molecular flexibility index (Phi) is 4.69. The summed E-state index contributed by atoms with van der Waals surface area (Å²) in [7, 11) is 0. The monoisotopic (exact) mass is 333 g/mol. The second-order valence-corrected chi connectivity index (χ2v) is 7.03. The van der Waals surface area contributed by atoms with Gasteiger partial charge in [0, 0.05) is 12.2 Å². The first kappa shape index (κ1) is 16.1. The number of para-hydroxylation sites is 1. The SMILES string of the molecule is Fc1ccc(CCC2C3=CC=CCC3CCN2c2ccccc2)cc1. The van der Waals surface area contributed by atoms with Gasteiger partial charge in [0.15, 0.2) is 0 Å². The van der Waals surface area contributed by atoms with Crippen LogP contribution < -0.4 is 4.90 Å². The maximum atomic E-state index is 13.2. The molecule has 1 saturated heterocycles. The first-order valence-corrected chi connectivity index (χ1v) is 9.24. The zero-order valence-electron chi connectivity index (χ0n) is 14.4. The van der Waals surface area contributed by atoms with Crippen molar-refractivity contribution in [1.82, 2.24) is 0 Å². The number of allylic oxidation sites excluding steroid dienone is 3. The Morgan fingerprint density at radius 3 is 2.60 bits per heavy atom. The number of rotatable bonds is 4. The molecule has 2 aliphatic rings. The number of hydrogen-bond acceptors (Lipinski definition) is 1. The summed E-state index contributed by atoms with van der Waals surface area (Å²) in [5, 5.41) is 0. The molecule has 25 heavy (non-hydrogen) atoms. The standard InChI is InChI=1S/C23H24FN/c24-20-13-10-18(11-14-20)12-15-23-22-9-5-4-6-19(22)16-17-25(23)21-7-2-1-3-8-21/h1-5,7-11,13-14,19,23H,6,12,15-17H2. The number of fused-ring (bicyclic) bond motifs is 1. The molecule has 1 aliphatic carbocycles. The first-order valence-electron chi connectivity index (χ1n) is 9.24. The van der Waals surface area contributed by atoms with Gasteiger partial charge in [-0.1, -0.05) is 48.6 Å². The third-order valence-electron chi connectivity index (χ3n) is 5.50. The summed E-state index contributed by atoms with van der Waals surface area (Å²) < 4.78 is 13.2. The predicted molar refractivity (Wildman–Crippen MR) is 102 cm³/mol. The van der Waals surface area contributed by atoms with Crippen molar-refractivity contribution in [1.29, 1.82) is 0 Å². The van der Waals surface area contributed by atoms with E-state index in [0.717, 1.165) is 19.4 Å². The van der Waals surface area contributed by atoms with Crippen LogP contribution in [0.4, 0.5) is 10.1 Å². The molecule has 4 rings (SSSR count). The molecule has 2 atom stereocenters. The maximum Gasteiger partial charge on any atom is 0.123 e. The van der Waals surface area contributed by atoms with E-state index in [1.165, 1.54) is 24.1 Å². The summed E-state index contributed by atoms with van der Waals surface area (Å²) >= 11 is 0. The van der Waals surface area contributed by atoms with E-state index >= 15 is 0 Å². The van der Waals surface area contributed by atoms with Gasteiger partial charge in [-0.05, 0) is 67.0 Å². The van der Waals surface area contributed by atoms with Crippen molar-refractivity contribution in [3.8, 4) is 0 Å². The summed E-state index contributed by atoms with van der Waals surface area (Å²) in [5.41, 5.74) is 4.09. The summed E-state index contributed by atoms with van der Waals surface area (Å²) in [6.07, 6.45) is 11.3. The number of hydrogen-bond donors (Lipinski definition) is 0. The molecule has 0 N–H and O–H groups in total. The lowest BCUT2D eigenvalue weighted by Gasteiger charge is -2.44. The van der Waals surface area contributed by atoms with Crippen molar-refractivity contribution in [3.63, 3.8) is 0 Å². The Hall–Kier alpha value is -2.35. The van der Waals surface area contributed by atoms with Gasteiger partial charge in [-0.3, -0.25) is 0 Å². The lowest BCUT2D eigenvalue weighted by molar-refractivity contribution is 0.427. The van der Waals surface area contributed by atoms with E-state index in [0.29, 0.717) is 12.0 Å². The average Bonchev–Trinajstić information content (AvgIpc) is 2.68. The summed E-state index contributed by atoms with van der Waals surface area (Å²) in [5.74, 6) is 0.524. The Morgan fingerprint density at radius 1 is 1.00 bits per heavy atom. The van der Waals surface area contributed by atoms with Crippen molar-refractivity contribution in [2.75, 3.05) is 11.4 Å². The van der Waals surface area contributed by atoms with Crippen LogP contribution in [0.3, 0.4) is 0 Å². The van der Waals surface area contributed by atoms with E-state index in [9.17, 15) is 4.39 Å². The largest absolute Gasteiger partial charge is 0.365 e. The van der Waals surface area contributed by atoms with E-state index < -0.39 is 0 Å². The van der Waals surface area contributed by atoms with Crippen LogP contribution in [0.2, 0.25) is 0 Å². The van der Waals surface area contributed by atoms with E-state index in [1.807, 2.05) is 12.1 Å². The highest BCUT2D eigenvalue weighted by molar-refractivity contribution is 5.51. The molecule has 0 spiro atoms. The third kappa shape index (κ3) is 3.53. The molecule has 2 unspecified atom stereocenters. The molecule has 2 aromatic rings. The molecule has 1 heterocycles. The minimum Gasteiger partial charge on any atom is -0.365 e. The fraction of sp³-hybridized carbons (Fsp3) is 0.304. The average molecular weight is 333 g/mol. The van der Waals surface area contributed by atoms with Crippen LogP contribution in [-0.2, 0) is 6.42 Å². The van der Waals surface area contributed by atoms with Crippen LogP contribution in [-0.4, -0.2) is 12.6 Å². The number of nitrogens with zero attached hydrogens (tertiary/aromatic N) is 1. The van der Waals surface area contributed by atoms with Crippen molar-refractivity contribution in [2.24, 2.45) is 5.92 Å². The van der Waals surface area contributed by atoms with Gasteiger partial charge < -0.3 is 4.90 Å². The van der Waals surface area contributed by atoms with E-state index in [2.05, 4.69) is 53.5 Å². The fourth-order valence-electron chi connectivity index (χ4n) is 4.20. The van der Waals surface area contributed by atoms with E-state index in [-0.39, 0.29) is 5.82 Å². The number of aryl methyl sites for hydroxylation is 1. The molecule has 0 aromatic heterocycles. The molecular formula is C23H24FN. The van der Waals surface area contributed by atoms with Gasteiger partial charge in [0.05, 0.1) is 6.04 Å². The first-order chi connectivity index (χ1) is 12.3. The van der Waals surface area contributed by atoms with Crippen LogP contribution in [0.5, 0.6) is 0 Å². The molecule has 0 amide bonds.